The maximum Gasteiger partial charge on any atom is 0.305 e. The highest BCUT2D eigenvalue weighted by atomic mass is 16.4. The Kier molecular flexibility index (Phi) is 20.9. The first-order valence-corrected chi connectivity index (χ1v) is 23.2. The van der Waals surface area contributed by atoms with Crippen LogP contribution in [0.4, 0.5) is 0 Å². The van der Waals surface area contributed by atoms with E-state index >= 15 is 0 Å². The van der Waals surface area contributed by atoms with Crippen molar-refractivity contribution in [2.45, 2.75) is 139 Å². The highest BCUT2D eigenvalue weighted by Crippen LogP contribution is 2.21. The van der Waals surface area contributed by atoms with Gasteiger partial charge in [0.2, 0.25) is 47.3 Å². The summed E-state index contributed by atoms with van der Waals surface area (Å²) < 4.78 is 0. The molecular weight excluding hydrogens is 969 g/mol. The fourth-order valence-corrected chi connectivity index (χ4v) is 7.93. The van der Waals surface area contributed by atoms with Crippen LogP contribution in [0, 0.1) is 5.92 Å². The minimum Gasteiger partial charge on any atom is -0.508 e. The minimum absolute atomic E-state index is 0.0115. The van der Waals surface area contributed by atoms with Crippen LogP contribution in [0.3, 0.4) is 0 Å². The summed E-state index contributed by atoms with van der Waals surface area (Å²) in [6, 6.07) is -7.66. The number of fused-ring (bicyclic) bond motifs is 3. The van der Waals surface area contributed by atoms with Crippen LogP contribution in [0.5, 0.6) is 5.75 Å². The van der Waals surface area contributed by atoms with Gasteiger partial charge >= 0.3 is 23.9 Å². The SMILES string of the molecule is CC(C)C[C@@H]1NC(=O)[C@@H]2CCCN2C(=O)[C@H](CCC(=O)O)NC(=O)[C@H](CC(=O)O)NC(=O)[C@H](Cc2ccc(O)cc2)NC(=O)[C@H](CCC(=O)O)Nn2cc(nn2)C[C@@H](C(N)=O)NC(=O)[C@H](CCC(=O)O)NC1=O. The lowest BCUT2D eigenvalue weighted by molar-refractivity contribution is -0.144. The third kappa shape index (κ3) is 18.1. The van der Waals surface area contributed by atoms with Gasteiger partial charge in [0, 0.05) is 38.6 Å². The van der Waals surface area contributed by atoms with E-state index in [1.54, 1.807) is 13.8 Å². The molecule has 1 aromatic carbocycles. The molecule has 8 atom stereocenters. The second-order valence-corrected chi connectivity index (χ2v) is 17.9. The van der Waals surface area contributed by atoms with E-state index in [4.69, 9.17) is 5.73 Å². The summed E-state index contributed by atoms with van der Waals surface area (Å²) in [6.07, 6.45) is -4.28. The Labute approximate surface area is 415 Å². The van der Waals surface area contributed by atoms with Gasteiger partial charge in [0.15, 0.2) is 0 Å². The number of carbonyl (C=O) groups is 12. The number of benzene rings is 1. The van der Waals surface area contributed by atoms with Crippen molar-refractivity contribution in [2.24, 2.45) is 11.7 Å². The molecule has 2 aromatic rings. The van der Waals surface area contributed by atoms with Gasteiger partial charge in [0.1, 0.15) is 54.1 Å². The molecule has 2 bridgehead atoms. The number of nitrogens with one attached hydrogen (secondary N) is 7. The molecule has 2 aliphatic heterocycles. The zero-order valence-corrected chi connectivity index (χ0v) is 39.8. The molecule has 1 saturated heterocycles. The summed E-state index contributed by atoms with van der Waals surface area (Å²) in [7, 11) is 0. The Balaban J connectivity index is 1.83. The van der Waals surface area contributed by atoms with Gasteiger partial charge in [0.05, 0.1) is 18.3 Å². The van der Waals surface area contributed by atoms with Gasteiger partial charge in [-0.1, -0.05) is 26.0 Å². The molecule has 73 heavy (non-hydrogen) atoms. The first kappa shape index (κ1) is 57.2. The number of phenols is 1. The van der Waals surface area contributed by atoms with Crippen molar-refractivity contribution in [3.63, 3.8) is 0 Å². The first-order valence-electron chi connectivity index (χ1n) is 23.2. The number of hydrogen-bond acceptors (Lipinski definition) is 16. The van der Waals surface area contributed by atoms with E-state index in [-0.39, 0.29) is 49.6 Å². The number of carbonyl (C=O) groups excluding carboxylic acids is 8. The van der Waals surface area contributed by atoms with E-state index in [2.05, 4.69) is 47.6 Å². The topological polar surface area (TPSA) is 450 Å². The summed E-state index contributed by atoms with van der Waals surface area (Å²) >= 11 is 0. The minimum atomic E-state index is -2.00. The number of carboxylic acid groups (broad SMARTS) is 4. The van der Waals surface area contributed by atoms with Gasteiger partial charge in [-0.2, -0.15) is 4.79 Å². The number of aromatic hydroxyl groups is 1. The summed E-state index contributed by atoms with van der Waals surface area (Å²) in [4.78, 5) is 160. The summed E-state index contributed by atoms with van der Waals surface area (Å²) in [5, 5.41) is 70.6. The summed E-state index contributed by atoms with van der Waals surface area (Å²) in [5.74, 6) is -14.7. The van der Waals surface area contributed by atoms with Crippen molar-refractivity contribution in [3.05, 3.63) is 41.7 Å². The summed E-state index contributed by atoms with van der Waals surface area (Å²) in [5.41, 5.74) is 8.51. The molecular formula is C44H60N12O17. The van der Waals surface area contributed by atoms with Crippen molar-refractivity contribution in [1.29, 1.82) is 0 Å². The Bertz CT molecular complexity index is 2400. The van der Waals surface area contributed by atoms with Gasteiger partial charge in [-0.05, 0) is 67.4 Å². The van der Waals surface area contributed by atoms with Crippen molar-refractivity contribution < 1.29 is 83.1 Å². The Morgan fingerprint density at radius 1 is 0.658 bits per heavy atom. The first-order chi connectivity index (χ1) is 34.4. The van der Waals surface area contributed by atoms with Crippen LogP contribution >= 0.6 is 0 Å². The number of hydrogen-bond donors (Lipinski definition) is 13. The smallest absolute Gasteiger partial charge is 0.305 e. The number of nitrogens with zero attached hydrogens (tertiary/aromatic N) is 4. The third-order valence-corrected chi connectivity index (χ3v) is 11.6. The van der Waals surface area contributed by atoms with Gasteiger partial charge < -0.3 is 68.1 Å². The second kappa shape index (κ2) is 26.7. The van der Waals surface area contributed by atoms with Gasteiger partial charge in [-0.25, -0.2) is 0 Å². The average Bonchev–Trinajstić information content (AvgIpc) is 3.99. The highest BCUT2D eigenvalue weighted by Gasteiger charge is 2.41. The number of rotatable bonds is 16. The average molecular weight is 1030 g/mol. The van der Waals surface area contributed by atoms with E-state index in [1.165, 1.54) is 24.3 Å². The van der Waals surface area contributed by atoms with Crippen molar-refractivity contribution in [3.8, 4) is 5.75 Å². The number of amides is 8. The number of phenolic OH excluding ortho intramolecular Hbond substituents is 1. The Morgan fingerprint density at radius 3 is 1.75 bits per heavy atom. The molecule has 0 spiro atoms. The monoisotopic (exact) mass is 1030 g/mol. The van der Waals surface area contributed by atoms with Crippen LogP contribution in [0.25, 0.3) is 0 Å². The maximum atomic E-state index is 14.3. The molecule has 4 rings (SSSR count). The second-order valence-electron chi connectivity index (χ2n) is 17.9. The lowest BCUT2D eigenvalue weighted by Gasteiger charge is -2.31. The van der Waals surface area contributed by atoms with E-state index in [0.29, 0.717) is 5.56 Å². The van der Waals surface area contributed by atoms with Crippen molar-refractivity contribution in [1.82, 2.24) is 51.9 Å². The van der Waals surface area contributed by atoms with Crippen LogP contribution in [-0.4, -0.2) is 172 Å². The molecule has 2 aliphatic rings. The number of aromatic nitrogens is 3. The number of nitrogens with two attached hydrogens (primary N) is 1. The largest absolute Gasteiger partial charge is 0.508 e. The Morgan fingerprint density at radius 2 is 1.16 bits per heavy atom. The maximum absolute atomic E-state index is 14.3. The number of carboxylic acids is 4. The van der Waals surface area contributed by atoms with Crippen LogP contribution < -0.4 is 43.1 Å². The van der Waals surface area contributed by atoms with Crippen LogP contribution in [-0.2, 0) is 70.4 Å². The zero-order chi connectivity index (χ0) is 54.1. The molecule has 0 unspecified atom stereocenters. The normalized spacial score (nSPS) is 24.0. The molecule has 29 nitrogen and oxygen atoms in total. The molecule has 1 fully saturated rings. The van der Waals surface area contributed by atoms with Crippen molar-refractivity contribution >= 4 is 71.1 Å². The van der Waals surface area contributed by atoms with Crippen LogP contribution in [0.2, 0.25) is 0 Å². The van der Waals surface area contributed by atoms with Crippen LogP contribution in [0.1, 0.15) is 89.3 Å². The van der Waals surface area contributed by atoms with E-state index in [9.17, 15) is 83.1 Å². The molecule has 0 radical (unpaired) electrons. The predicted octanol–water partition coefficient (Wildman–Crippen LogP) is -3.81. The van der Waals surface area contributed by atoms with Gasteiger partial charge in [0.25, 0.3) is 0 Å². The lowest BCUT2D eigenvalue weighted by atomic mass is 10.0. The van der Waals surface area contributed by atoms with Crippen molar-refractivity contribution in [2.75, 3.05) is 12.0 Å². The fourth-order valence-electron chi connectivity index (χ4n) is 7.93. The highest BCUT2D eigenvalue weighted by molar-refractivity contribution is 5.99. The molecule has 29 heteroatoms. The summed E-state index contributed by atoms with van der Waals surface area (Å²) in [6.45, 7) is 3.30. The van der Waals surface area contributed by atoms with E-state index in [0.717, 1.165) is 15.9 Å². The Hall–Kier alpha value is -8.40. The quantitative estimate of drug-likeness (QED) is 0.0767. The number of primary amides is 1. The number of aliphatic carboxylic acids is 4. The molecule has 8 amide bonds. The molecule has 398 valence electrons. The standard InChI is InChI=1S/C44H60N12O17/c1-21(2)16-29-40(69)46-25(9-12-33(58)59)38(67)48-28(37(45)66)18-23-20-56(54-52-23)53-26(10-13-34(60)61)39(68)49-30(17-22-5-7-24(57)8-6-22)41(70)50-31(19-36(64)65)42(71)47-27(11-14-35(62)63)44(73)55-15-3-4-32(55)43(72)51-29/h5-8,20-21,25-32,53,57H,3-4,9-19H2,1-2H3,(H2,45,66)(H,46,69)(H,47,71)(H,48,67)(H,49,68)(H,50,70)(H,51,72)(H,58,59)(H,60,61)(H,62,63)(H,64,65)/t25-,26-,27-,28-,29-,30-,31-,32-/m0/s1. The van der Waals surface area contributed by atoms with Gasteiger partial charge in [-0.15, -0.1) is 5.10 Å². The zero-order valence-electron chi connectivity index (χ0n) is 39.8. The molecule has 1 aromatic heterocycles. The van der Waals surface area contributed by atoms with Gasteiger partial charge in [-0.3, -0.25) is 63.0 Å². The van der Waals surface area contributed by atoms with E-state index < -0.39 is 171 Å². The molecule has 0 aliphatic carbocycles. The lowest BCUT2D eigenvalue weighted by Crippen LogP contribution is -2.60. The molecule has 0 saturated carbocycles. The van der Waals surface area contributed by atoms with Crippen LogP contribution in [0.15, 0.2) is 30.5 Å². The fraction of sp³-hybridized carbons (Fsp3) is 0.545. The third-order valence-electron chi connectivity index (χ3n) is 11.6. The molecule has 3 heterocycles. The molecule has 14 N–H and O–H groups in total. The predicted molar refractivity (Wildman–Crippen MR) is 247 cm³/mol. The van der Waals surface area contributed by atoms with E-state index in [1.807, 2.05) is 0 Å².